The van der Waals surface area contributed by atoms with Crippen LogP contribution in [0.3, 0.4) is 0 Å². The lowest BCUT2D eigenvalue weighted by Gasteiger charge is -2.08. The summed E-state index contributed by atoms with van der Waals surface area (Å²) < 4.78 is 1.96. The van der Waals surface area contributed by atoms with Crippen LogP contribution in [-0.2, 0) is 0 Å². The summed E-state index contributed by atoms with van der Waals surface area (Å²) in [6, 6.07) is 0. The number of hydrogen-bond donors (Lipinski definition) is 0. The van der Waals surface area contributed by atoms with E-state index in [1.807, 2.05) is 31.5 Å². The first kappa shape index (κ1) is 8.87. The Morgan fingerprint density at radius 1 is 1.07 bits per heavy atom. The van der Waals surface area contributed by atoms with Crippen LogP contribution in [0.2, 0.25) is 0 Å². The van der Waals surface area contributed by atoms with Crippen molar-refractivity contribution in [2.45, 2.75) is 20.8 Å². The molecule has 0 spiro atoms. The monoisotopic (exact) mass is 188 g/mol. The van der Waals surface area contributed by atoms with Gasteiger partial charge >= 0.3 is 0 Å². The zero-order chi connectivity index (χ0) is 10.1. The SMILES string of the molecule is Cc1ncnc(-n2ccnc2C)c1C. The van der Waals surface area contributed by atoms with E-state index >= 15 is 0 Å². The summed E-state index contributed by atoms with van der Waals surface area (Å²) in [5, 5.41) is 0. The Bertz CT molecular complexity index is 459. The molecule has 0 bridgehead atoms. The van der Waals surface area contributed by atoms with Crippen LogP contribution in [0.15, 0.2) is 18.7 Å². The van der Waals surface area contributed by atoms with Gasteiger partial charge in [-0.1, -0.05) is 0 Å². The van der Waals surface area contributed by atoms with Crippen LogP contribution in [-0.4, -0.2) is 19.5 Å². The topological polar surface area (TPSA) is 43.6 Å². The minimum absolute atomic E-state index is 0.910. The fraction of sp³-hybridized carbons (Fsp3) is 0.300. The van der Waals surface area contributed by atoms with Gasteiger partial charge in [0.1, 0.15) is 18.0 Å². The molecule has 0 aliphatic heterocycles. The predicted molar refractivity (Wildman–Crippen MR) is 53.4 cm³/mol. The quantitative estimate of drug-likeness (QED) is 0.682. The van der Waals surface area contributed by atoms with Crippen molar-refractivity contribution < 1.29 is 0 Å². The molecule has 2 rings (SSSR count). The molecule has 0 aliphatic rings. The van der Waals surface area contributed by atoms with Gasteiger partial charge in [0.15, 0.2) is 0 Å². The van der Waals surface area contributed by atoms with Gasteiger partial charge in [0, 0.05) is 23.7 Å². The first-order chi connectivity index (χ1) is 6.70. The lowest BCUT2D eigenvalue weighted by atomic mass is 10.2. The van der Waals surface area contributed by atoms with Gasteiger partial charge < -0.3 is 0 Å². The zero-order valence-electron chi connectivity index (χ0n) is 8.52. The summed E-state index contributed by atoms with van der Waals surface area (Å²) >= 11 is 0. The van der Waals surface area contributed by atoms with E-state index in [-0.39, 0.29) is 0 Å². The molecule has 4 heteroatoms. The van der Waals surface area contributed by atoms with Crippen LogP contribution in [0.5, 0.6) is 0 Å². The minimum Gasteiger partial charge on any atom is -0.288 e. The third kappa shape index (κ3) is 1.28. The molecule has 72 valence electrons. The normalized spacial score (nSPS) is 10.5. The lowest BCUT2D eigenvalue weighted by molar-refractivity contribution is 0.893. The van der Waals surface area contributed by atoms with Crippen molar-refractivity contribution >= 4 is 0 Å². The van der Waals surface area contributed by atoms with E-state index in [1.165, 1.54) is 0 Å². The summed E-state index contributed by atoms with van der Waals surface area (Å²) in [6.45, 7) is 5.95. The maximum absolute atomic E-state index is 4.25. The Labute approximate surface area is 82.7 Å². The molecule has 0 unspecified atom stereocenters. The van der Waals surface area contributed by atoms with Gasteiger partial charge in [-0.25, -0.2) is 15.0 Å². The molecule has 2 heterocycles. The van der Waals surface area contributed by atoms with Crippen LogP contribution in [0, 0.1) is 20.8 Å². The molecule has 0 aromatic carbocycles. The fourth-order valence-corrected chi connectivity index (χ4v) is 1.37. The number of imidazole rings is 1. The van der Waals surface area contributed by atoms with Crippen LogP contribution in [0.1, 0.15) is 17.1 Å². The first-order valence-electron chi connectivity index (χ1n) is 4.48. The Morgan fingerprint density at radius 2 is 1.86 bits per heavy atom. The second kappa shape index (κ2) is 3.21. The van der Waals surface area contributed by atoms with Gasteiger partial charge in [-0.05, 0) is 20.8 Å². The zero-order valence-corrected chi connectivity index (χ0v) is 8.52. The van der Waals surface area contributed by atoms with E-state index in [2.05, 4.69) is 15.0 Å². The molecule has 0 atom stereocenters. The van der Waals surface area contributed by atoms with Gasteiger partial charge in [0.25, 0.3) is 0 Å². The summed E-state index contributed by atoms with van der Waals surface area (Å²) in [4.78, 5) is 12.6. The summed E-state index contributed by atoms with van der Waals surface area (Å²) in [5.74, 6) is 1.85. The average molecular weight is 188 g/mol. The number of aryl methyl sites for hydroxylation is 2. The largest absolute Gasteiger partial charge is 0.288 e. The molecule has 0 saturated heterocycles. The second-order valence-electron chi connectivity index (χ2n) is 3.25. The summed E-state index contributed by atoms with van der Waals surface area (Å²) in [7, 11) is 0. The van der Waals surface area contributed by atoms with E-state index in [1.54, 1.807) is 12.5 Å². The van der Waals surface area contributed by atoms with E-state index < -0.39 is 0 Å². The molecular weight excluding hydrogens is 176 g/mol. The molecule has 0 radical (unpaired) electrons. The minimum atomic E-state index is 0.910. The van der Waals surface area contributed by atoms with Gasteiger partial charge in [0.05, 0.1) is 0 Å². The van der Waals surface area contributed by atoms with E-state index in [9.17, 15) is 0 Å². The summed E-state index contributed by atoms with van der Waals surface area (Å²) in [6.07, 6.45) is 5.26. The van der Waals surface area contributed by atoms with Crippen LogP contribution >= 0.6 is 0 Å². The van der Waals surface area contributed by atoms with Gasteiger partial charge in [-0.3, -0.25) is 4.57 Å². The Morgan fingerprint density at radius 3 is 2.50 bits per heavy atom. The molecule has 2 aromatic heterocycles. The third-order valence-corrected chi connectivity index (χ3v) is 2.36. The average Bonchev–Trinajstić information content (AvgIpc) is 2.57. The van der Waals surface area contributed by atoms with Crippen molar-refractivity contribution in [3.8, 4) is 5.82 Å². The van der Waals surface area contributed by atoms with E-state index in [4.69, 9.17) is 0 Å². The number of aromatic nitrogens is 4. The molecule has 0 aliphatic carbocycles. The van der Waals surface area contributed by atoms with Crippen molar-refractivity contribution in [3.05, 3.63) is 35.8 Å². The number of rotatable bonds is 1. The van der Waals surface area contributed by atoms with Crippen molar-refractivity contribution in [2.24, 2.45) is 0 Å². The highest BCUT2D eigenvalue weighted by Crippen LogP contribution is 2.13. The van der Waals surface area contributed by atoms with Crippen LogP contribution in [0.25, 0.3) is 5.82 Å². The van der Waals surface area contributed by atoms with Crippen LogP contribution < -0.4 is 0 Å². The first-order valence-corrected chi connectivity index (χ1v) is 4.48. The van der Waals surface area contributed by atoms with Gasteiger partial charge in [-0.15, -0.1) is 0 Å². The molecule has 4 nitrogen and oxygen atoms in total. The smallest absolute Gasteiger partial charge is 0.144 e. The maximum atomic E-state index is 4.25. The molecule has 2 aromatic rings. The molecule has 14 heavy (non-hydrogen) atoms. The Kier molecular flexibility index (Phi) is 2.04. The third-order valence-electron chi connectivity index (χ3n) is 2.36. The highest BCUT2D eigenvalue weighted by atomic mass is 15.1. The van der Waals surface area contributed by atoms with Crippen molar-refractivity contribution in [2.75, 3.05) is 0 Å². The van der Waals surface area contributed by atoms with Gasteiger partial charge in [0.2, 0.25) is 0 Å². The van der Waals surface area contributed by atoms with Crippen molar-refractivity contribution in [3.63, 3.8) is 0 Å². The number of nitrogens with zero attached hydrogens (tertiary/aromatic N) is 4. The standard InChI is InChI=1S/C10H12N4/c1-7-8(2)12-6-13-10(7)14-5-4-11-9(14)3/h4-6H,1-3H3. The van der Waals surface area contributed by atoms with Gasteiger partial charge in [-0.2, -0.15) is 0 Å². The molecule has 0 amide bonds. The lowest BCUT2D eigenvalue weighted by Crippen LogP contribution is -2.04. The fourth-order valence-electron chi connectivity index (χ4n) is 1.37. The molecular formula is C10H12N4. The predicted octanol–water partition coefficient (Wildman–Crippen LogP) is 1.59. The van der Waals surface area contributed by atoms with E-state index in [0.29, 0.717) is 0 Å². The molecule has 0 fully saturated rings. The highest BCUT2D eigenvalue weighted by Gasteiger charge is 2.06. The maximum Gasteiger partial charge on any atom is 0.144 e. The molecule has 0 N–H and O–H groups in total. The Hall–Kier alpha value is -1.71. The van der Waals surface area contributed by atoms with Crippen LogP contribution in [0.4, 0.5) is 0 Å². The number of hydrogen-bond acceptors (Lipinski definition) is 3. The molecule has 0 saturated carbocycles. The Balaban J connectivity index is 2.63. The summed E-state index contributed by atoms with van der Waals surface area (Å²) in [5.41, 5.74) is 2.09. The van der Waals surface area contributed by atoms with Crippen molar-refractivity contribution in [1.29, 1.82) is 0 Å². The van der Waals surface area contributed by atoms with Crippen molar-refractivity contribution in [1.82, 2.24) is 19.5 Å². The van der Waals surface area contributed by atoms with E-state index in [0.717, 1.165) is 22.9 Å². The highest BCUT2D eigenvalue weighted by molar-refractivity contribution is 5.35. The second-order valence-corrected chi connectivity index (χ2v) is 3.25.